The van der Waals surface area contributed by atoms with E-state index in [1.54, 1.807) is 0 Å². The molecule has 118 valence electrons. The molecule has 0 saturated carbocycles. The van der Waals surface area contributed by atoms with Crippen LogP contribution in [0.25, 0.3) is 0 Å². The molecule has 0 spiro atoms. The van der Waals surface area contributed by atoms with E-state index >= 15 is 0 Å². The number of hydrogen-bond acceptors (Lipinski definition) is 4. The Bertz CT molecular complexity index is 456. The van der Waals surface area contributed by atoms with Crippen molar-refractivity contribution >= 4 is 17.4 Å². The molecule has 2 heterocycles. The largest absolute Gasteiger partial charge is 0.355 e. The van der Waals surface area contributed by atoms with E-state index in [1.165, 1.54) is 12.8 Å². The van der Waals surface area contributed by atoms with Crippen LogP contribution in [-0.4, -0.2) is 49.2 Å². The average Bonchev–Trinajstić information content (AvgIpc) is 2.45. The van der Waals surface area contributed by atoms with E-state index in [4.69, 9.17) is 11.6 Å². The van der Waals surface area contributed by atoms with Crippen LogP contribution in [0, 0.1) is 0 Å². The van der Waals surface area contributed by atoms with Gasteiger partial charge in [0.05, 0.1) is 5.02 Å². The maximum atomic E-state index is 6.45. The molecule has 0 aromatic carbocycles. The van der Waals surface area contributed by atoms with E-state index in [0.29, 0.717) is 12.1 Å². The quantitative estimate of drug-likeness (QED) is 0.906. The normalized spacial score (nSPS) is 17.4. The first kappa shape index (κ1) is 16.5. The third-order valence-corrected chi connectivity index (χ3v) is 4.44. The summed E-state index contributed by atoms with van der Waals surface area (Å²) in [5, 5.41) is 4.14. The number of nitrogens with one attached hydrogen (secondary N) is 1. The number of piperidine rings is 1. The van der Waals surface area contributed by atoms with E-state index in [0.717, 1.165) is 36.0 Å². The summed E-state index contributed by atoms with van der Waals surface area (Å²) in [5.74, 6) is 0.902. The summed E-state index contributed by atoms with van der Waals surface area (Å²) >= 11 is 6.45. The number of halogens is 1. The second-order valence-electron chi connectivity index (χ2n) is 6.33. The second-order valence-corrected chi connectivity index (χ2v) is 6.74. The molecule has 5 heteroatoms. The Morgan fingerprint density at radius 1 is 1.43 bits per heavy atom. The van der Waals surface area contributed by atoms with Crippen LogP contribution in [0.2, 0.25) is 5.02 Å². The summed E-state index contributed by atoms with van der Waals surface area (Å²) in [7, 11) is 4.29. The van der Waals surface area contributed by atoms with Gasteiger partial charge in [-0.2, -0.15) is 0 Å². The molecule has 2 rings (SSSR count). The maximum Gasteiger partial charge on any atom is 0.147 e. The van der Waals surface area contributed by atoms with Gasteiger partial charge in [0.1, 0.15) is 5.82 Å². The number of aromatic nitrogens is 1. The van der Waals surface area contributed by atoms with Gasteiger partial charge < -0.3 is 15.1 Å². The number of hydrogen-bond donors (Lipinski definition) is 1. The zero-order valence-electron chi connectivity index (χ0n) is 13.6. The SMILES string of the molecule is CC(C)NCc1cnc(N(C)C2CCN(C)CC2)c(Cl)c1. The van der Waals surface area contributed by atoms with Crippen LogP contribution in [-0.2, 0) is 6.54 Å². The van der Waals surface area contributed by atoms with Crippen LogP contribution in [0.3, 0.4) is 0 Å². The van der Waals surface area contributed by atoms with Crippen LogP contribution in [0.15, 0.2) is 12.3 Å². The molecule has 4 nitrogen and oxygen atoms in total. The van der Waals surface area contributed by atoms with Gasteiger partial charge in [0.2, 0.25) is 0 Å². The van der Waals surface area contributed by atoms with Crippen molar-refractivity contribution in [2.45, 2.75) is 45.3 Å². The molecule has 21 heavy (non-hydrogen) atoms. The predicted octanol–water partition coefficient (Wildman–Crippen LogP) is 2.76. The van der Waals surface area contributed by atoms with Crippen molar-refractivity contribution in [2.75, 3.05) is 32.1 Å². The topological polar surface area (TPSA) is 31.4 Å². The third kappa shape index (κ3) is 4.56. The first-order valence-electron chi connectivity index (χ1n) is 7.76. The van der Waals surface area contributed by atoms with Crippen LogP contribution >= 0.6 is 11.6 Å². The van der Waals surface area contributed by atoms with Crippen molar-refractivity contribution < 1.29 is 0 Å². The lowest BCUT2D eigenvalue weighted by molar-refractivity contribution is 0.252. The first-order chi connectivity index (χ1) is 9.97. The van der Waals surface area contributed by atoms with Crippen LogP contribution in [0.1, 0.15) is 32.3 Å². The van der Waals surface area contributed by atoms with Crippen molar-refractivity contribution in [3.63, 3.8) is 0 Å². The van der Waals surface area contributed by atoms with Gasteiger partial charge in [0.15, 0.2) is 0 Å². The third-order valence-electron chi connectivity index (χ3n) is 4.16. The van der Waals surface area contributed by atoms with Gasteiger partial charge in [-0.05, 0) is 44.6 Å². The highest BCUT2D eigenvalue weighted by atomic mass is 35.5. The molecule has 0 aliphatic carbocycles. The van der Waals surface area contributed by atoms with Gasteiger partial charge in [-0.1, -0.05) is 25.4 Å². The Balaban J connectivity index is 2.02. The zero-order chi connectivity index (χ0) is 15.4. The minimum atomic E-state index is 0.463. The monoisotopic (exact) mass is 310 g/mol. The van der Waals surface area contributed by atoms with Crippen LogP contribution in [0.4, 0.5) is 5.82 Å². The number of anilines is 1. The summed E-state index contributed by atoms with van der Waals surface area (Å²) in [6.07, 6.45) is 4.27. The summed E-state index contributed by atoms with van der Waals surface area (Å²) in [5.41, 5.74) is 1.13. The van der Waals surface area contributed by atoms with Crippen LogP contribution in [0.5, 0.6) is 0 Å². The number of likely N-dealkylation sites (tertiary alicyclic amines) is 1. The molecular weight excluding hydrogens is 284 g/mol. The first-order valence-corrected chi connectivity index (χ1v) is 8.14. The van der Waals surface area contributed by atoms with Crippen molar-refractivity contribution in [1.29, 1.82) is 0 Å². The van der Waals surface area contributed by atoms with E-state index in [2.05, 4.69) is 48.0 Å². The van der Waals surface area contributed by atoms with Gasteiger partial charge in [-0.15, -0.1) is 0 Å². The fraction of sp³-hybridized carbons (Fsp3) is 0.688. The molecule has 1 fully saturated rings. The molecule has 1 aromatic rings. The predicted molar refractivity (Wildman–Crippen MR) is 90.1 cm³/mol. The molecule has 1 aliphatic rings. The Labute approximate surface area is 133 Å². The summed E-state index contributed by atoms with van der Waals surface area (Å²) in [4.78, 5) is 9.21. The number of rotatable bonds is 5. The average molecular weight is 311 g/mol. The summed E-state index contributed by atoms with van der Waals surface area (Å²) in [6.45, 7) is 7.36. The lowest BCUT2D eigenvalue weighted by Crippen LogP contribution is -2.42. The van der Waals surface area contributed by atoms with Crippen molar-refractivity contribution in [3.05, 3.63) is 22.8 Å². The highest BCUT2D eigenvalue weighted by Crippen LogP contribution is 2.27. The standard InChI is InChI=1S/C16H27ClN4/c1-12(2)18-10-13-9-15(17)16(19-11-13)21(4)14-5-7-20(3)8-6-14/h9,11-12,14,18H,5-8,10H2,1-4H3. The van der Waals surface area contributed by atoms with Crippen LogP contribution < -0.4 is 10.2 Å². The fourth-order valence-corrected chi connectivity index (χ4v) is 3.03. The molecule has 1 N–H and O–H groups in total. The Hall–Kier alpha value is -0.840. The highest BCUT2D eigenvalue weighted by molar-refractivity contribution is 6.33. The molecule has 1 aliphatic heterocycles. The van der Waals surface area contributed by atoms with Gasteiger partial charge in [-0.3, -0.25) is 0 Å². The maximum absolute atomic E-state index is 6.45. The van der Waals surface area contributed by atoms with E-state index in [-0.39, 0.29) is 0 Å². The molecular formula is C16H27ClN4. The summed E-state index contributed by atoms with van der Waals surface area (Å²) < 4.78 is 0. The van der Waals surface area contributed by atoms with Crippen molar-refractivity contribution in [2.24, 2.45) is 0 Å². The van der Waals surface area contributed by atoms with Gasteiger partial charge >= 0.3 is 0 Å². The minimum absolute atomic E-state index is 0.463. The zero-order valence-corrected chi connectivity index (χ0v) is 14.3. The number of nitrogens with zero attached hydrogens (tertiary/aromatic N) is 3. The van der Waals surface area contributed by atoms with E-state index in [1.807, 2.05) is 12.3 Å². The van der Waals surface area contributed by atoms with E-state index < -0.39 is 0 Å². The van der Waals surface area contributed by atoms with Gasteiger partial charge in [-0.25, -0.2) is 4.98 Å². The molecule has 1 aromatic heterocycles. The Morgan fingerprint density at radius 2 is 2.10 bits per heavy atom. The molecule has 0 unspecified atom stereocenters. The molecule has 0 bridgehead atoms. The molecule has 0 atom stereocenters. The van der Waals surface area contributed by atoms with Crippen molar-refractivity contribution in [3.8, 4) is 0 Å². The second kappa shape index (κ2) is 7.43. The Kier molecular flexibility index (Phi) is 5.85. The van der Waals surface area contributed by atoms with E-state index in [9.17, 15) is 0 Å². The number of pyridine rings is 1. The lowest BCUT2D eigenvalue weighted by atomic mass is 10.0. The fourth-order valence-electron chi connectivity index (χ4n) is 2.70. The molecule has 0 amide bonds. The Morgan fingerprint density at radius 3 is 2.67 bits per heavy atom. The molecule has 1 saturated heterocycles. The highest BCUT2D eigenvalue weighted by Gasteiger charge is 2.22. The summed E-state index contributed by atoms with van der Waals surface area (Å²) in [6, 6.07) is 3.03. The van der Waals surface area contributed by atoms with Crippen molar-refractivity contribution in [1.82, 2.24) is 15.2 Å². The minimum Gasteiger partial charge on any atom is -0.355 e. The van der Waals surface area contributed by atoms with Gasteiger partial charge in [0.25, 0.3) is 0 Å². The lowest BCUT2D eigenvalue weighted by Gasteiger charge is -2.36. The smallest absolute Gasteiger partial charge is 0.147 e. The molecule has 0 radical (unpaired) electrons. The van der Waals surface area contributed by atoms with Gasteiger partial charge in [0, 0.05) is 31.9 Å².